The zero-order valence-electron chi connectivity index (χ0n) is 4.29. The maximum Gasteiger partial charge on any atom is 0.0581 e. The lowest BCUT2D eigenvalue weighted by Gasteiger charge is -1.93. The van der Waals surface area contributed by atoms with Crippen molar-refractivity contribution in [2.24, 2.45) is 0 Å². The number of thiol groups is 1. The van der Waals surface area contributed by atoms with Crippen LogP contribution in [0.3, 0.4) is 0 Å². The van der Waals surface area contributed by atoms with Gasteiger partial charge in [0.15, 0.2) is 0 Å². The van der Waals surface area contributed by atoms with E-state index in [2.05, 4.69) is 23.3 Å². The molecule has 44 valence electrons. The Morgan fingerprint density at radius 3 is 3.12 bits per heavy atom. The van der Waals surface area contributed by atoms with E-state index in [1.54, 1.807) is 11.3 Å². The summed E-state index contributed by atoms with van der Waals surface area (Å²) in [6.45, 7) is 0. The van der Waals surface area contributed by atoms with Gasteiger partial charge in [-0.2, -0.15) is 24.0 Å². The summed E-state index contributed by atoms with van der Waals surface area (Å²) in [7, 11) is 0. The number of hydrogen-bond acceptors (Lipinski definition) is 3. The van der Waals surface area contributed by atoms with Crippen LogP contribution in [0, 0.1) is 0 Å². The Bertz CT molecular complexity index is 136. The second kappa shape index (κ2) is 2.99. The topological polar surface area (TPSA) is 12.0 Å². The van der Waals surface area contributed by atoms with Gasteiger partial charge in [0.1, 0.15) is 0 Å². The molecule has 0 fully saturated rings. The molecular weight excluding hydrogens is 138 g/mol. The minimum Gasteiger partial charge on any atom is -0.376 e. The highest BCUT2D eigenvalue weighted by Crippen LogP contribution is 2.10. The third-order valence-electron chi connectivity index (χ3n) is 0.804. The number of anilines is 1. The molecule has 0 aromatic carbocycles. The van der Waals surface area contributed by atoms with Crippen molar-refractivity contribution in [2.75, 3.05) is 11.2 Å². The highest BCUT2D eigenvalue weighted by molar-refractivity contribution is 7.80. The van der Waals surface area contributed by atoms with Crippen LogP contribution in [0.1, 0.15) is 0 Å². The lowest BCUT2D eigenvalue weighted by atomic mass is 10.5. The molecule has 0 saturated carbocycles. The second-order valence-electron chi connectivity index (χ2n) is 1.35. The second-order valence-corrected chi connectivity index (χ2v) is 2.44. The van der Waals surface area contributed by atoms with E-state index in [1.165, 1.54) is 0 Å². The highest BCUT2D eigenvalue weighted by atomic mass is 32.1. The molecule has 0 atom stereocenters. The molecule has 1 heterocycles. The molecule has 0 aliphatic heterocycles. The number of rotatable bonds is 2. The molecule has 0 spiro atoms. The summed E-state index contributed by atoms with van der Waals surface area (Å²) in [6, 6.07) is 2.03. The SMILES string of the molecule is SCNc1ccsc1. The van der Waals surface area contributed by atoms with Gasteiger partial charge in [-0.05, 0) is 11.4 Å². The maximum absolute atomic E-state index is 4.00. The fourth-order valence-electron chi connectivity index (χ4n) is 0.456. The van der Waals surface area contributed by atoms with Crippen molar-refractivity contribution in [1.82, 2.24) is 0 Å². The Morgan fingerprint density at radius 2 is 2.62 bits per heavy atom. The molecule has 8 heavy (non-hydrogen) atoms. The molecule has 0 amide bonds. The van der Waals surface area contributed by atoms with Gasteiger partial charge in [0.2, 0.25) is 0 Å². The summed E-state index contributed by atoms with van der Waals surface area (Å²) < 4.78 is 0. The lowest BCUT2D eigenvalue weighted by Crippen LogP contribution is -1.90. The molecule has 0 radical (unpaired) electrons. The monoisotopic (exact) mass is 145 g/mol. The third-order valence-corrected chi connectivity index (χ3v) is 1.65. The van der Waals surface area contributed by atoms with E-state index in [9.17, 15) is 0 Å². The molecule has 0 bridgehead atoms. The van der Waals surface area contributed by atoms with Gasteiger partial charge in [0.05, 0.1) is 5.88 Å². The number of hydrogen-bond donors (Lipinski definition) is 2. The summed E-state index contributed by atoms with van der Waals surface area (Å²) in [5.74, 6) is 0.705. The molecule has 0 saturated heterocycles. The fourth-order valence-corrected chi connectivity index (χ4v) is 1.25. The quantitative estimate of drug-likeness (QED) is 0.479. The smallest absolute Gasteiger partial charge is 0.0581 e. The molecule has 0 unspecified atom stereocenters. The molecule has 1 aromatic heterocycles. The number of thiophene rings is 1. The van der Waals surface area contributed by atoms with E-state index < -0.39 is 0 Å². The molecule has 3 heteroatoms. The van der Waals surface area contributed by atoms with Crippen molar-refractivity contribution in [3.05, 3.63) is 16.8 Å². The van der Waals surface area contributed by atoms with Crippen LogP contribution in [0.15, 0.2) is 16.8 Å². The van der Waals surface area contributed by atoms with Gasteiger partial charge in [-0.3, -0.25) is 0 Å². The molecule has 1 aromatic rings. The molecule has 1 nitrogen and oxygen atoms in total. The van der Waals surface area contributed by atoms with Crippen LogP contribution in [0.4, 0.5) is 5.69 Å². The van der Waals surface area contributed by atoms with E-state index in [1.807, 2.05) is 11.4 Å². The van der Waals surface area contributed by atoms with Gasteiger partial charge < -0.3 is 5.32 Å². The fraction of sp³-hybridized carbons (Fsp3) is 0.200. The number of nitrogens with one attached hydrogen (secondary N) is 1. The molecule has 1 N–H and O–H groups in total. The van der Waals surface area contributed by atoms with Crippen LogP contribution in [0.5, 0.6) is 0 Å². The van der Waals surface area contributed by atoms with E-state index >= 15 is 0 Å². The Hall–Kier alpha value is -0.150. The summed E-state index contributed by atoms with van der Waals surface area (Å²) in [6.07, 6.45) is 0. The molecule has 0 aliphatic rings. The standard InChI is InChI=1S/C5H7NS2/c7-4-6-5-1-2-8-3-5/h1-3,6-7H,4H2. The Morgan fingerprint density at radius 1 is 1.75 bits per heavy atom. The van der Waals surface area contributed by atoms with Crippen molar-refractivity contribution < 1.29 is 0 Å². The molecule has 0 aliphatic carbocycles. The van der Waals surface area contributed by atoms with Gasteiger partial charge in [-0.15, -0.1) is 0 Å². The minimum absolute atomic E-state index is 0.705. The summed E-state index contributed by atoms with van der Waals surface area (Å²) in [5, 5.41) is 7.15. The van der Waals surface area contributed by atoms with Gasteiger partial charge in [-0.25, -0.2) is 0 Å². The van der Waals surface area contributed by atoms with Crippen LogP contribution in [0.2, 0.25) is 0 Å². The zero-order valence-corrected chi connectivity index (χ0v) is 6.01. The van der Waals surface area contributed by atoms with Gasteiger partial charge >= 0.3 is 0 Å². The van der Waals surface area contributed by atoms with Crippen LogP contribution < -0.4 is 5.32 Å². The van der Waals surface area contributed by atoms with E-state index in [4.69, 9.17) is 0 Å². The minimum atomic E-state index is 0.705. The summed E-state index contributed by atoms with van der Waals surface area (Å²) in [5.41, 5.74) is 1.16. The van der Waals surface area contributed by atoms with Crippen molar-refractivity contribution >= 4 is 29.7 Å². The summed E-state index contributed by atoms with van der Waals surface area (Å²) in [4.78, 5) is 0. The normalized spacial score (nSPS) is 9.12. The maximum atomic E-state index is 4.00. The van der Waals surface area contributed by atoms with Crippen LogP contribution in [-0.4, -0.2) is 5.88 Å². The average Bonchev–Trinajstić information content (AvgIpc) is 2.19. The van der Waals surface area contributed by atoms with E-state index in [-0.39, 0.29) is 0 Å². The average molecular weight is 145 g/mol. The lowest BCUT2D eigenvalue weighted by molar-refractivity contribution is 1.51. The van der Waals surface area contributed by atoms with Gasteiger partial charge in [0.25, 0.3) is 0 Å². The first-order valence-electron chi connectivity index (χ1n) is 2.30. The molecule has 1 rings (SSSR count). The first-order valence-corrected chi connectivity index (χ1v) is 3.88. The van der Waals surface area contributed by atoms with Gasteiger partial charge in [-0.1, -0.05) is 0 Å². The van der Waals surface area contributed by atoms with Crippen molar-refractivity contribution in [3.8, 4) is 0 Å². The first-order chi connectivity index (χ1) is 3.93. The van der Waals surface area contributed by atoms with Crippen LogP contribution in [-0.2, 0) is 0 Å². The Labute approximate surface area is 58.1 Å². The highest BCUT2D eigenvalue weighted by Gasteiger charge is 1.84. The predicted octanol–water partition coefficient (Wildman–Crippen LogP) is 2.05. The largest absolute Gasteiger partial charge is 0.376 e. The zero-order chi connectivity index (χ0) is 5.82. The van der Waals surface area contributed by atoms with Crippen LogP contribution >= 0.6 is 24.0 Å². The third kappa shape index (κ3) is 1.42. The van der Waals surface area contributed by atoms with Crippen molar-refractivity contribution in [2.45, 2.75) is 0 Å². The Balaban J connectivity index is 2.50. The van der Waals surface area contributed by atoms with E-state index in [0.29, 0.717) is 5.88 Å². The predicted molar refractivity (Wildman–Crippen MR) is 41.8 cm³/mol. The van der Waals surface area contributed by atoms with Crippen molar-refractivity contribution in [1.29, 1.82) is 0 Å². The Kier molecular flexibility index (Phi) is 2.24. The van der Waals surface area contributed by atoms with E-state index in [0.717, 1.165) is 5.69 Å². The van der Waals surface area contributed by atoms with Gasteiger partial charge in [0, 0.05) is 11.1 Å². The summed E-state index contributed by atoms with van der Waals surface area (Å²) >= 11 is 5.68. The van der Waals surface area contributed by atoms with Crippen molar-refractivity contribution in [3.63, 3.8) is 0 Å². The molecular formula is C5H7NS2. The van der Waals surface area contributed by atoms with Crippen LogP contribution in [0.25, 0.3) is 0 Å². The first kappa shape index (κ1) is 5.98.